The number of aliphatic imine (C=N–C) groups is 1. The van der Waals surface area contributed by atoms with Crippen LogP contribution < -0.4 is 87.2 Å². The van der Waals surface area contributed by atoms with Crippen LogP contribution in [0.25, 0.3) is 0 Å². The average Bonchev–Trinajstić information content (AvgIpc) is 1.40. The van der Waals surface area contributed by atoms with Crippen LogP contribution in [0.15, 0.2) is 47.8 Å². The fourth-order valence-electron chi connectivity index (χ4n) is 9.61. The van der Waals surface area contributed by atoms with Crippen LogP contribution >= 0.6 is 0 Å². The highest BCUT2D eigenvalue weighted by Crippen LogP contribution is 2.13. The number of benzene rings is 1. The summed E-state index contributed by atoms with van der Waals surface area (Å²) in [4.78, 5) is 236. The van der Waals surface area contributed by atoms with Crippen molar-refractivity contribution in [2.24, 2.45) is 45.5 Å². The lowest BCUT2D eigenvalue weighted by Gasteiger charge is -2.28. The summed E-state index contributed by atoms with van der Waals surface area (Å²) in [5.41, 5.74) is 28.8. The van der Waals surface area contributed by atoms with Crippen molar-refractivity contribution in [3.63, 3.8) is 0 Å². The predicted octanol–water partition coefficient (Wildman–Crippen LogP) is -7.56. The first kappa shape index (κ1) is 87.7. The van der Waals surface area contributed by atoms with E-state index in [1.165, 1.54) is 12.5 Å². The average molecular weight is 1460 g/mol. The molecular formula is C62H95N19O22. The molecule has 0 bridgehead atoms. The lowest BCUT2D eigenvalue weighted by atomic mass is 9.99. The number of aromatic amines is 1. The molecule has 1 aromatic carbocycles. The monoisotopic (exact) mass is 1460 g/mol. The van der Waals surface area contributed by atoms with Crippen LogP contribution in [0.3, 0.4) is 0 Å². The van der Waals surface area contributed by atoms with Crippen LogP contribution in [-0.2, 0) is 94.3 Å². The summed E-state index contributed by atoms with van der Waals surface area (Å²) in [7, 11) is 0. The van der Waals surface area contributed by atoms with E-state index >= 15 is 0 Å². The molecule has 0 aliphatic rings. The van der Waals surface area contributed by atoms with Gasteiger partial charge in [-0.25, -0.2) is 4.98 Å². The Bertz CT molecular complexity index is 3320. The van der Waals surface area contributed by atoms with Gasteiger partial charge in [0.15, 0.2) is 5.96 Å². The van der Waals surface area contributed by atoms with E-state index in [9.17, 15) is 107 Å². The maximum absolute atomic E-state index is 14.4. The SMILES string of the molecule is CC[C@H](C)[C@H](N)C(=O)N[C@@H](CO)C(=O)N[C@@H](CCC(=O)O)C(=O)N[C@@H](CCC(=O)O)C(=O)N[C@@H](CC(N)=O)C(=O)N[C@@H](CC(C)C)C(=O)N[C@@H](CC(=O)O)C(=O)N[C@@H](C)C(=O)N[C@@H](CCC(=O)O)C(=O)N[C@@H](Cc1ccccc1)C(=O)N[C@@H](CCCN=C(N)N)C(=O)N[C@@H](Cc1cnc[nH]1)C(N)=O. The number of rotatable bonds is 49. The quantitative estimate of drug-likeness (QED) is 0.0166. The van der Waals surface area contributed by atoms with Crippen molar-refractivity contribution >= 4 is 107 Å². The van der Waals surface area contributed by atoms with Crippen molar-refractivity contribution < 1.29 is 107 Å². The van der Waals surface area contributed by atoms with Gasteiger partial charge < -0.3 is 118 Å². The highest BCUT2D eigenvalue weighted by Gasteiger charge is 2.38. The number of hydrogen-bond donors (Lipinski definition) is 22. The molecule has 0 aliphatic carbocycles. The Morgan fingerprint density at radius 2 is 0.883 bits per heavy atom. The summed E-state index contributed by atoms with van der Waals surface area (Å²) in [6, 6.07) is -12.5. The Morgan fingerprint density at radius 3 is 1.32 bits per heavy atom. The van der Waals surface area contributed by atoms with Crippen LogP contribution in [0.2, 0.25) is 0 Å². The van der Waals surface area contributed by atoms with Gasteiger partial charge in [0.25, 0.3) is 0 Å². The molecule has 13 atom stereocenters. The maximum Gasteiger partial charge on any atom is 0.305 e. The van der Waals surface area contributed by atoms with Crippen molar-refractivity contribution in [3.05, 3.63) is 54.1 Å². The molecular weight excluding hydrogens is 1360 g/mol. The normalized spacial score (nSPS) is 14.8. The summed E-state index contributed by atoms with van der Waals surface area (Å²) in [6.07, 6.45) is -4.44. The van der Waals surface area contributed by atoms with Crippen LogP contribution in [0.4, 0.5) is 0 Å². The number of carbonyl (C=O) groups excluding carboxylic acids is 13. The van der Waals surface area contributed by atoms with E-state index in [2.05, 4.69) is 73.4 Å². The van der Waals surface area contributed by atoms with Gasteiger partial charge in [0.1, 0.15) is 66.5 Å². The molecule has 1 aromatic heterocycles. The first-order valence-electron chi connectivity index (χ1n) is 32.6. The summed E-state index contributed by atoms with van der Waals surface area (Å²) in [6.45, 7) is 6.46. The summed E-state index contributed by atoms with van der Waals surface area (Å²) in [5, 5.41) is 73.7. The number of aliphatic carboxylic acids is 4. The highest BCUT2D eigenvalue weighted by molar-refractivity contribution is 6.01. The van der Waals surface area contributed by atoms with Crippen LogP contribution in [0, 0.1) is 11.8 Å². The maximum atomic E-state index is 14.4. The van der Waals surface area contributed by atoms with Gasteiger partial charge in [-0.3, -0.25) is 86.5 Å². The minimum absolute atomic E-state index is 0.0212. The number of guanidine groups is 1. The Morgan fingerprint density at radius 1 is 0.476 bits per heavy atom. The second-order valence-corrected chi connectivity index (χ2v) is 24.5. The van der Waals surface area contributed by atoms with Gasteiger partial charge in [-0.15, -0.1) is 0 Å². The third kappa shape index (κ3) is 33.6. The summed E-state index contributed by atoms with van der Waals surface area (Å²) in [5.74, 6) is -22.6. The number of amides is 13. The first-order chi connectivity index (χ1) is 48.3. The zero-order valence-corrected chi connectivity index (χ0v) is 57.4. The lowest BCUT2D eigenvalue weighted by molar-refractivity contribution is -0.142. The van der Waals surface area contributed by atoms with Crippen molar-refractivity contribution in [2.45, 2.75) is 197 Å². The number of aliphatic hydroxyl groups excluding tert-OH is 1. The Labute approximate surface area is 590 Å². The van der Waals surface area contributed by atoms with E-state index in [4.69, 9.17) is 28.7 Å². The van der Waals surface area contributed by atoms with Crippen LogP contribution in [0.1, 0.15) is 123 Å². The number of hydrogen-bond acceptors (Lipinski definition) is 21. The number of imidazole rings is 1. The Hall–Kier alpha value is -11.4. The number of nitrogens with two attached hydrogens (primary N) is 5. The molecule has 0 spiro atoms. The Balaban J connectivity index is 2.46. The molecule has 0 saturated carbocycles. The smallest absolute Gasteiger partial charge is 0.305 e. The molecule has 0 unspecified atom stereocenters. The number of nitrogens with one attached hydrogen (secondary N) is 12. The van der Waals surface area contributed by atoms with Gasteiger partial charge in [0, 0.05) is 50.5 Å². The fourth-order valence-corrected chi connectivity index (χ4v) is 9.61. The minimum Gasteiger partial charge on any atom is -0.481 e. The van der Waals surface area contributed by atoms with E-state index in [1.807, 2.05) is 0 Å². The number of aromatic nitrogens is 2. The van der Waals surface area contributed by atoms with E-state index < -0.39 is 237 Å². The number of carboxylic acid groups (broad SMARTS) is 4. The predicted molar refractivity (Wildman–Crippen MR) is 359 cm³/mol. The number of aliphatic hydroxyl groups is 1. The zero-order chi connectivity index (χ0) is 77.8. The second-order valence-electron chi connectivity index (χ2n) is 24.5. The van der Waals surface area contributed by atoms with Gasteiger partial charge in [-0.1, -0.05) is 64.4 Å². The molecule has 0 fully saturated rings. The molecule has 1 heterocycles. The molecule has 0 saturated heterocycles. The van der Waals surface area contributed by atoms with E-state index in [0.29, 0.717) is 17.7 Å². The van der Waals surface area contributed by atoms with E-state index in [1.54, 1.807) is 58.0 Å². The summed E-state index contributed by atoms with van der Waals surface area (Å²) >= 11 is 0. The van der Waals surface area contributed by atoms with Crippen LogP contribution in [-0.4, -0.2) is 228 Å². The molecule has 0 radical (unpaired) electrons. The number of carboxylic acids is 4. The number of carbonyl (C=O) groups is 17. The number of nitrogens with zero attached hydrogens (tertiary/aromatic N) is 2. The fraction of sp³-hybridized carbons (Fsp3) is 0.565. The Kier molecular flexibility index (Phi) is 38.0. The molecule has 2 rings (SSSR count). The van der Waals surface area contributed by atoms with E-state index in [0.717, 1.165) is 6.92 Å². The summed E-state index contributed by atoms with van der Waals surface area (Å²) < 4.78 is 0. The minimum atomic E-state index is -2.09. The highest BCUT2D eigenvalue weighted by atomic mass is 16.4. The van der Waals surface area contributed by atoms with Gasteiger partial charge in [0.2, 0.25) is 76.8 Å². The largest absolute Gasteiger partial charge is 0.481 e. The van der Waals surface area contributed by atoms with Crippen LogP contribution in [0.5, 0.6) is 0 Å². The van der Waals surface area contributed by atoms with Gasteiger partial charge in [-0.2, -0.15) is 0 Å². The molecule has 570 valence electrons. The van der Waals surface area contributed by atoms with Crippen molar-refractivity contribution in [1.29, 1.82) is 0 Å². The standard InChI is InChI=1S/C62H95N19O22/c1-6-30(4)49(64)61(103)81-43(27-82)60(102)75-36(15-18-46(86)87)53(95)74-37(16-19-47(88)89)55(97)79-41(24-44(63)83)59(101)77-39(21-29(2)3)57(99)80-42(25-48(90)91)56(98)71-31(5)51(93)72-35(14-17-45(84)85)54(96)78-40(22-32-11-8-7-9-12-32)58(100)73-34(13-10-20-69-62(66)67)52(94)76-38(50(65)92)23-33-26-68-28-70-33/h7-9,11-12,26,28-31,34-43,49,82H,6,10,13-25,27,64H2,1-5H3,(H2,63,83)(H2,65,92)(H,68,70)(H,71,98)(H,72,93)(H,73,100)(H,74,95)(H,75,102)(H,76,94)(H,77,101)(H,78,96)(H,79,97)(H,80,99)(H,81,103)(H,84,85)(H,86,87)(H,88,89)(H,90,91)(H4,66,67,69)/t30-,31-,34-,35-,36-,37-,38-,39-,40-,41-,42-,43-,49-/m0/s1. The number of H-pyrrole nitrogens is 1. The number of primary amides is 2. The molecule has 41 heteroatoms. The van der Waals surface area contributed by atoms with Gasteiger partial charge >= 0.3 is 23.9 Å². The molecule has 2 aromatic rings. The zero-order valence-electron chi connectivity index (χ0n) is 57.4. The third-order valence-electron chi connectivity index (χ3n) is 15.5. The topological polar surface area (TPSA) is 695 Å². The molecule has 103 heavy (non-hydrogen) atoms. The molecule has 13 amide bonds. The molecule has 27 N–H and O–H groups in total. The van der Waals surface area contributed by atoms with Crippen molar-refractivity contribution in [1.82, 2.24) is 68.5 Å². The van der Waals surface area contributed by atoms with E-state index in [-0.39, 0.29) is 50.5 Å². The van der Waals surface area contributed by atoms with Gasteiger partial charge in [0.05, 0.1) is 31.8 Å². The molecule has 41 nitrogen and oxygen atoms in total. The van der Waals surface area contributed by atoms with Gasteiger partial charge in [-0.05, 0) is 62.8 Å². The molecule has 0 aliphatic heterocycles. The third-order valence-corrected chi connectivity index (χ3v) is 15.5. The lowest BCUT2D eigenvalue weighted by Crippen LogP contribution is -2.61. The second kappa shape index (κ2) is 44.7. The van der Waals surface area contributed by atoms with Crippen molar-refractivity contribution in [2.75, 3.05) is 13.2 Å². The first-order valence-corrected chi connectivity index (χ1v) is 32.6. The van der Waals surface area contributed by atoms with Crippen molar-refractivity contribution in [3.8, 4) is 0 Å².